The molecule has 2 rings (SSSR count). The van der Waals surface area contributed by atoms with Crippen LogP contribution in [0, 0.1) is 0 Å². The van der Waals surface area contributed by atoms with Gasteiger partial charge in [0.2, 0.25) is 0 Å². The second kappa shape index (κ2) is 5.50. The van der Waals surface area contributed by atoms with Crippen molar-refractivity contribution in [2.24, 2.45) is 7.05 Å². The Balaban J connectivity index is 2.05. The number of aromatic nitrogens is 2. The fraction of sp³-hybridized carbons (Fsp3) is 0.750. The highest BCUT2D eigenvalue weighted by atomic mass is 79.9. The van der Waals surface area contributed by atoms with E-state index in [2.05, 4.69) is 44.8 Å². The van der Waals surface area contributed by atoms with Crippen molar-refractivity contribution in [1.29, 1.82) is 0 Å². The Labute approximate surface area is 112 Å². The number of aryl methyl sites for hydroxylation is 2. The molecule has 0 spiro atoms. The molecule has 1 aromatic heterocycles. The first-order valence-electron chi connectivity index (χ1n) is 6.23. The van der Waals surface area contributed by atoms with Crippen molar-refractivity contribution in [1.82, 2.24) is 19.6 Å². The van der Waals surface area contributed by atoms with Gasteiger partial charge < -0.3 is 4.90 Å². The van der Waals surface area contributed by atoms with Crippen LogP contribution in [0.5, 0.6) is 0 Å². The molecule has 2 heterocycles. The number of halogens is 1. The minimum atomic E-state index is 0.983. The van der Waals surface area contributed by atoms with E-state index < -0.39 is 0 Å². The third-order valence-corrected chi connectivity index (χ3v) is 4.39. The Hall–Kier alpha value is -0.390. The molecule has 0 bridgehead atoms. The van der Waals surface area contributed by atoms with Gasteiger partial charge in [0.1, 0.15) is 0 Å². The number of rotatable bonds is 3. The quantitative estimate of drug-likeness (QED) is 0.845. The lowest BCUT2D eigenvalue weighted by molar-refractivity contribution is 0.145. The highest BCUT2D eigenvalue weighted by molar-refractivity contribution is 9.10. The van der Waals surface area contributed by atoms with Crippen molar-refractivity contribution in [2.75, 3.05) is 33.2 Å². The van der Waals surface area contributed by atoms with E-state index in [9.17, 15) is 0 Å². The Morgan fingerprint density at radius 2 is 1.82 bits per heavy atom. The van der Waals surface area contributed by atoms with Gasteiger partial charge in [-0.3, -0.25) is 9.58 Å². The standard InChI is InChI=1S/C12H21BrN4/c1-4-10-12(13)11(16(3)14-10)9-17-7-5-15(2)6-8-17/h4-9H2,1-3H3. The second-order valence-corrected chi connectivity index (χ2v) is 5.56. The van der Waals surface area contributed by atoms with Crippen molar-refractivity contribution in [3.8, 4) is 0 Å². The van der Waals surface area contributed by atoms with Crippen LogP contribution in [-0.4, -0.2) is 52.8 Å². The summed E-state index contributed by atoms with van der Waals surface area (Å²) >= 11 is 3.68. The van der Waals surface area contributed by atoms with Gasteiger partial charge in [0.05, 0.1) is 15.9 Å². The van der Waals surface area contributed by atoms with E-state index in [0.29, 0.717) is 0 Å². The number of hydrogen-bond acceptors (Lipinski definition) is 3. The molecule has 96 valence electrons. The lowest BCUT2D eigenvalue weighted by atomic mass is 10.2. The van der Waals surface area contributed by atoms with Gasteiger partial charge in [-0.2, -0.15) is 5.10 Å². The van der Waals surface area contributed by atoms with Crippen LogP contribution in [0.1, 0.15) is 18.3 Å². The summed E-state index contributed by atoms with van der Waals surface area (Å²) in [6.07, 6.45) is 0.983. The van der Waals surface area contributed by atoms with Crippen molar-refractivity contribution in [3.63, 3.8) is 0 Å². The van der Waals surface area contributed by atoms with Gasteiger partial charge in [0.25, 0.3) is 0 Å². The summed E-state index contributed by atoms with van der Waals surface area (Å²) in [5, 5.41) is 4.54. The number of nitrogens with zero attached hydrogens (tertiary/aromatic N) is 4. The summed E-state index contributed by atoms with van der Waals surface area (Å²) in [4.78, 5) is 4.88. The second-order valence-electron chi connectivity index (χ2n) is 4.76. The third-order valence-electron chi connectivity index (χ3n) is 3.47. The summed E-state index contributed by atoms with van der Waals surface area (Å²) in [5.41, 5.74) is 2.46. The van der Waals surface area contributed by atoms with Crippen LogP contribution in [0.2, 0.25) is 0 Å². The monoisotopic (exact) mass is 300 g/mol. The predicted octanol–water partition coefficient (Wildman–Crippen LogP) is 1.49. The molecule has 0 aromatic carbocycles. The normalized spacial score (nSPS) is 18.8. The van der Waals surface area contributed by atoms with Crippen LogP contribution in [0.3, 0.4) is 0 Å². The highest BCUT2D eigenvalue weighted by Crippen LogP contribution is 2.23. The molecule has 0 saturated carbocycles. The maximum absolute atomic E-state index is 4.54. The van der Waals surface area contributed by atoms with Gasteiger partial charge in [-0.15, -0.1) is 0 Å². The number of hydrogen-bond donors (Lipinski definition) is 0. The van der Waals surface area contributed by atoms with E-state index in [0.717, 1.165) is 44.8 Å². The molecule has 1 aliphatic rings. The zero-order valence-corrected chi connectivity index (χ0v) is 12.5. The summed E-state index contributed by atoms with van der Waals surface area (Å²) < 4.78 is 3.21. The van der Waals surface area contributed by atoms with Crippen molar-refractivity contribution >= 4 is 15.9 Å². The molecule has 1 saturated heterocycles. The molecule has 5 heteroatoms. The first-order chi connectivity index (χ1) is 8.11. The smallest absolute Gasteiger partial charge is 0.0767 e. The minimum Gasteiger partial charge on any atom is -0.304 e. The third kappa shape index (κ3) is 2.89. The lowest BCUT2D eigenvalue weighted by Gasteiger charge is -2.32. The molecular formula is C12H21BrN4. The molecule has 0 amide bonds. The van der Waals surface area contributed by atoms with Crippen LogP contribution in [0.15, 0.2) is 4.47 Å². The van der Waals surface area contributed by atoms with Gasteiger partial charge in [0, 0.05) is 39.8 Å². The summed E-state index contributed by atoms with van der Waals surface area (Å²) in [6, 6.07) is 0. The summed E-state index contributed by atoms with van der Waals surface area (Å²) in [6.45, 7) is 7.77. The van der Waals surface area contributed by atoms with Gasteiger partial charge in [0.15, 0.2) is 0 Å². The van der Waals surface area contributed by atoms with Crippen LogP contribution >= 0.6 is 15.9 Å². The van der Waals surface area contributed by atoms with Crippen molar-refractivity contribution < 1.29 is 0 Å². The average Bonchev–Trinajstić information content (AvgIpc) is 2.59. The van der Waals surface area contributed by atoms with Crippen LogP contribution in [0.25, 0.3) is 0 Å². The SMILES string of the molecule is CCc1nn(C)c(CN2CCN(C)CC2)c1Br. The maximum Gasteiger partial charge on any atom is 0.0767 e. The molecule has 1 aliphatic heterocycles. The predicted molar refractivity (Wildman–Crippen MR) is 73.1 cm³/mol. The van der Waals surface area contributed by atoms with E-state index in [1.807, 2.05) is 11.7 Å². The molecule has 4 nitrogen and oxygen atoms in total. The van der Waals surface area contributed by atoms with E-state index >= 15 is 0 Å². The largest absolute Gasteiger partial charge is 0.304 e. The molecule has 0 unspecified atom stereocenters. The van der Waals surface area contributed by atoms with E-state index in [1.165, 1.54) is 10.2 Å². The van der Waals surface area contributed by atoms with E-state index in [1.54, 1.807) is 0 Å². The zero-order valence-electron chi connectivity index (χ0n) is 10.9. The molecule has 1 aromatic rings. The van der Waals surface area contributed by atoms with Crippen molar-refractivity contribution in [2.45, 2.75) is 19.9 Å². The molecule has 0 aliphatic carbocycles. The molecule has 1 fully saturated rings. The Bertz CT molecular complexity index is 380. The maximum atomic E-state index is 4.54. The topological polar surface area (TPSA) is 24.3 Å². The first-order valence-corrected chi connectivity index (χ1v) is 7.02. The summed E-state index contributed by atoms with van der Waals surface area (Å²) in [5.74, 6) is 0. The van der Waals surface area contributed by atoms with E-state index in [-0.39, 0.29) is 0 Å². The van der Waals surface area contributed by atoms with Gasteiger partial charge in [-0.25, -0.2) is 0 Å². The fourth-order valence-electron chi connectivity index (χ4n) is 2.21. The molecule has 17 heavy (non-hydrogen) atoms. The minimum absolute atomic E-state index is 0.983. The number of piperazine rings is 1. The van der Waals surface area contributed by atoms with Crippen LogP contribution in [-0.2, 0) is 20.0 Å². The first kappa shape index (κ1) is 13.1. The summed E-state index contributed by atoms with van der Waals surface area (Å²) in [7, 11) is 4.22. The Morgan fingerprint density at radius 1 is 1.18 bits per heavy atom. The Kier molecular flexibility index (Phi) is 4.22. The molecular weight excluding hydrogens is 280 g/mol. The van der Waals surface area contributed by atoms with Gasteiger partial charge in [-0.05, 0) is 29.4 Å². The highest BCUT2D eigenvalue weighted by Gasteiger charge is 2.18. The van der Waals surface area contributed by atoms with Crippen LogP contribution < -0.4 is 0 Å². The van der Waals surface area contributed by atoms with Crippen molar-refractivity contribution in [3.05, 3.63) is 15.9 Å². The number of likely N-dealkylation sites (N-methyl/N-ethyl adjacent to an activating group) is 1. The molecule has 0 radical (unpaired) electrons. The average molecular weight is 301 g/mol. The van der Waals surface area contributed by atoms with Gasteiger partial charge >= 0.3 is 0 Å². The Morgan fingerprint density at radius 3 is 2.35 bits per heavy atom. The van der Waals surface area contributed by atoms with E-state index in [4.69, 9.17) is 0 Å². The molecule has 0 atom stereocenters. The lowest BCUT2D eigenvalue weighted by Crippen LogP contribution is -2.44. The van der Waals surface area contributed by atoms with Crippen LogP contribution in [0.4, 0.5) is 0 Å². The zero-order chi connectivity index (χ0) is 12.4. The molecule has 0 N–H and O–H groups in total. The van der Waals surface area contributed by atoms with Gasteiger partial charge in [-0.1, -0.05) is 6.92 Å². The fourth-order valence-corrected chi connectivity index (χ4v) is 2.95.